The molecule has 11 heteroatoms. The van der Waals surface area contributed by atoms with Gasteiger partial charge in [-0.05, 0) is 55.7 Å². The van der Waals surface area contributed by atoms with Crippen LogP contribution in [0.5, 0.6) is 5.75 Å². The Bertz CT molecular complexity index is 1560. The molecule has 3 saturated heterocycles. The number of nitrogens with one attached hydrogen (secondary N) is 3. The quantitative estimate of drug-likeness (QED) is 0.306. The number of anilines is 2. The molecule has 3 N–H and O–H groups in total. The Hall–Kier alpha value is -4.06. The molecule has 0 saturated carbocycles. The van der Waals surface area contributed by atoms with Gasteiger partial charge in [0.1, 0.15) is 17.7 Å². The van der Waals surface area contributed by atoms with Crippen molar-refractivity contribution in [3.63, 3.8) is 0 Å². The number of hydrogen-bond acceptors (Lipinski definition) is 9. The monoisotopic (exact) mass is 569 g/mol. The first-order chi connectivity index (χ1) is 20.6. The maximum atomic E-state index is 12.6. The topological polar surface area (TPSA) is 124 Å². The summed E-state index contributed by atoms with van der Waals surface area (Å²) in [5, 5.41) is 14.6. The molecule has 1 amide bonds. The van der Waals surface area contributed by atoms with E-state index in [2.05, 4.69) is 43.1 Å². The lowest BCUT2D eigenvalue weighted by Gasteiger charge is -2.40. The Labute approximate surface area is 244 Å². The molecule has 3 aliphatic heterocycles. The van der Waals surface area contributed by atoms with Gasteiger partial charge >= 0.3 is 0 Å². The van der Waals surface area contributed by atoms with Crippen molar-refractivity contribution in [3.05, 3.63) is 66.2 Å². The zero-order chi connectivity index (χ0) is 28.5. The first-order valence-electron chi connectivity index (χ1n) is 14.6. The number of fused-ring (bicyclic) bond motifs is 3. The number of amides is 1. The molecule has 7 heterocycles. The first kappa shape index (κ1) is 26.8. The fraction of sp³-hybridized carbons (Fsp3) is 0.419. The highest BCUT2D eigenvalue weighted by Gasteiger charge is 2.33. The van der Waals surface area contributed by atoms with E-state index in [0.717, 1.165) is 67.0 Å². The molecule has 4 aromatic rings. The van der Waals surface area contributed by atoms with E-state index in [1.54, 1.807) is 18.3 Å². The number of hydrogen-bond donors (Lipinski definition) is 3. The van der Waals surface area contributed by atoms with Crippen molar-refractivity contribution in [2.45, 2.75) is 56.8 Å². The van der Waals surface area contributed by atoms with Crippen LogP contribution in [-0.2, 0) is 9.47 Å². The third-order valence-electron chi connectivity index (χ3n) is 8.11. The van der Waals surface area contributed by atoms with E-state index < -0.39 is 0 Å². The lowest BCUT2D eigenvalue weighted by Crippen LogP contribution is -2.56. The van der Waals surface area contributed by atoms with E-state index in [1.807, 2.05) is 36.0 Å². The van der Waals surface area contributed by atoms with Crippen LogP contribution in [0.2, 0.25) is 0 Å². The van der Waals surface area contributed by atoms with Gasteiger partial charge in [0.25, 0.3) is 5.91 Å². The average molecular weight is 570 g/mol. The number of carbonyl (C=O) groups is 1. The zero-order valence-electron chi connectivity index (χ0n) is 23.6. The highest BCUT2D eigenvalue weighted by Crippen LogP contribution is 2.34. The van der Waals surface area contributed by atoms with E-state index >= 15 is 0 Å². The van der Waals surface area contributed by atoms with Crippen molar-refractivity contribution >= 4 is 23.1 Å². The smallest absolute Gasteiger partial charge is 0.253 e. The number of rotatable bonds is 7. The zero-order valence-corrected chi connectivity index (χ0v) is 23.6. The van der Waals surface area contributed by atoms with Gasteiger partial charge in [0.2, 0.25) is 0 Å². The lowest BCUT2D eigenvalue weighted by atomic mass is 9.94. The molecular formula is C31H35N7O4. The van der Waals surface area contributed by atoms with Crippen LogP contribution in [-0.4, -0.2) is 76.1 Å². The van der Waals surface area contributed by atoms with Crippen LogP contribution in [0.3, 0.4) is 0 Å². The number of nitrogens with zero attached hydrogens (tertiary/aromatic N) is 4. The summed E-state index contributed by atoms with van der Waals surface area (Å²) in [7, 11) is 0. The molecule has 4 aromatic heterocycles. The van der Waals surface area contributed by atoms with Gasteiger partial charge in [-0.15, -0.1) is 0 Å². The molecule has 3 fully saturated rings. The van der Waals surface area contributed by atoms with Crippen molar-refractivity contribution in [3.8, 4) is 16.9 Å². The van der Waals surface area contributed by atoms with E-state index in [4.69, 9.17) is 14.2 Å². The molecule has 11 nitrogen and oxygen atoms in total. The van der Waals surface area contributed by atoms with Gasteiger partial charge < -0.3 is 30.2 Å². The maximum Gasteiger partial charge on any atom is 0.253 e. The van der Waals surface area contributed by atoms with Gasteiger partial charge in [-0.25, -0.2) is 9.50 Å². The van der Waals surface area contributed by atoms with E-state index in [1.165, 1.54) is 0 Å². The molecule has 218 valence electrons. The predicted molar refractivity (Wildman–Crippen MR) is 157 cm³/mol. The van der Waals surface area contributed by atoms with Crippen molar-refractivity contribution in [1.82, 2.24) is 30.2 Å². The summed E-state index contributed by atoms with van der Waals surface area (Å²) in [6, 6.07) is 12.6. The largest absolute Gasteiger partial charge is 0.488 e. The highest BCUT2D eigenvalue weighted by molar-refractivity contribution is 5.94. The summed E-state index contributed by atoms with van der Waals surface area (Å²) in [6.07, 6.45) is 8.98. The number of ether oxygens (including phenoxy) is 3. The number of piperidine rings is 1. The van der Waals surface area contributed by atoms with Gasteiger partial charge in [-0.2, -0.15) is 5.10 Å². The predicted octanol–water partition coefficient (Wildman–Crippen LogP) is 3.65. The molecule has 3 atom stereocenters. The van der Waals surface area contributed by atoms with Gasteiger partial charge in [-0.3, -0.25) is 9.78 Å². The van der Waals surface area contributed by atoms with Gasteiger partial charge in [-0.1, -0.05) is 0 Å². The standard InChI is InChI=1S/C31H35N7O4/c1-19-10-27(28(16-32-19)42-26-12-23-17-41-18-24(13-26)34-23)20-4-7-38-25(11-20)14-30(37-38)36-29-3-2-21(15-33-29)31(39)35-22-5-8-40-9-6-22/h2-4,7,10-11,14-16,22-24,26,34H,5-6,8-9,12-13,17-18H2,1H3,(H,35,39)(H,33,36,37)/t23-,24+,26?. The number of aryl methyl sites for hydroxylation is 1. The first-order valence-corrected chi connectivity index (χ1v) is 14.6. The summed E-state index contributed by atoms with van der Waals surface area (Å²) in [4.78, 5) is 21.6. The molecule has 0 radical (unpaired) electrons. The van der Waals surface area contributed by atoms with Crippen molar-refractivity contribution in [2.24, 2.45) is 0 Å². The summed E-state index contributed by atoms with van der Waals surface area (Å²) in [6.45, 7) is 4.81. The van der Waals surface area contributed by atoms with Crippen LogP contribution >= 0.6 is 0 Å². The number of morpholine rings is 1. The SMILES string of the molecule is Cc1cc(-c2ccn3nc(Nc4ccc(C(=O)NC5CCOCC5)cn4)cc3c2)c(OC2C[C@H]3COC[C@@H](C2)N3)cn1. The van der Waals surface area contributed by atoms with Gasteiger partial charge in [0.05, 0.1) is 30.5 Å². The Morgan fingerprint density at radius 1 is 1.00 bits per heavy atom. The molecule has 42 heavy (non-hydrogen) atoms. The molecule has 1 unspecified atom stereocenters. The number of carbonyl (C=O) groups excluding carboxylic acids is 1. The molecule has 7 rings (SSSR count). The summed E-state index contributed by atoms with van der Waals surface area (Å²) < 4.78 is 19.4. The van der Waals surface area contributed by atoms with Crippen LogP contribution in [0.4, 0.5) is 11.6 Å². The molecule has 2 bridgehead atoms. The van der Waals surface area contributed by atoms with E-state index in [9.17, 15) is 4.79 Å². The third-order valence-corrected chi connectivity index (χ3v) is 8.11. The molecule has 0 aliphatic carbocycles. The molecular weight excluding hydrogens is 534 g/mol. The minimum atomic E-state index is -0.118. The van der Waals surface area contributed by atoms with Gasteiger partial charge in [0, 0.05) is 73.9 Å². The Morgan fingerprint density at radius 3 is 2.62 bits per heavy atom. The molecule has 0 aromatic carbocycles. The lowest BCUT2D eigenvalue weighted by molar-refractivity contribution is -0.0122. The number of aromatic nitrogens is 4. The van der Waals surface area contributed by atoms with Crippen molar-refractivity contribution in [2.75, 3.05) is 31.7 Å². The Kier molecular flexibility index (Phi) is 7.45. The average Bonchev–Trinajstić information content (AvgIpc) is 3.40. The normalized spacial score (nSPS) is 22.5. The van der Waals surface area contributed by atoms with E-state index in [0.29, 0.717) is 42.5 Å². The Balaban J connectivity index is 1.06. The van der Waals surface area contributed by atoms with Crippen LogP contribution in [0, 0.1) is 6.92 Å². The fourth-order valence-corrected chi connectivity index (χ4v) is 5.99. The van der Waals surface area contributed by atoms with Crippen LogP contribution in [0.1, 0.15) is 41.7 Å². The second-order valence-corrected chi connectivity index (χ2v) is 11.4. The summed E-state index contributed by atoms with van der Waals surface area (Å²) in [5.41, 5.74) is 4.43. The Morgan fingerprint density at radius 2 is 1.83 bits per heavy atom. The van der Waals surface area contributed by atoms with E-state index in [-0.39, 0.29) is 18.1 Å². The maximum absolute atomic E-state index is 12.6. The molecule has 3 aliphatic rings. The molecule has 0 spiro atoms. The highest BCUT2D eigenvalue weighted by atomic mass is 16.5. The second kappa shape index (κ2) is 11.7. The van der Waals surface area contributed by atoms with Crippen LogP contribution < -0.4 is 20.7 Å². The van der Waals surface area contributed by atoms with Gasteiger partial charge in [0.15, 0.2) is 5.82 Å². The third kappa shape index (κ3) is 5.94. The fourth-order valence-electron chi connectivity index (χ4n) is 5.99. The van der Waals surface area contributed by atoms with Crippen LogP contribution in [0.25, 0.3) is 16.6 Å². The van der Waals surface area contributed by atoms with Crippen molar-refractivity contribution < 1.29 is 19.0 Å². The summed E-state index contributed by atoms with van der Waals surface area (Å²) >= 11 is 0. The minimum Gasteiger partial charge on any atom is -0.488 e. The number of pyridine rings is 3. The second-order valence-electron chi connectivity index (χ2n) is 11.4. The summed E-state index contributed by atoms with van der Waals surface area (Å²) in [5.74, 6) is 1.94. The van der Waals surface area contributed by atoms with Crippen molar-refractivity contribution in [1.29, 1.82) is 0 Å². The van der Waals surface area contributed by atoms with Crippen LogP contribution in [0.15, 0.2) is 55.0 Å². The minimum absolute atomic E-state index is 0.118.